The second-order valence-electron chi connectivity index (χ2n) is 2.19. The summed E-state index contributed by atoms with van der Waals surface area (Å²) in [6.45, 7) is 2.29. The fraction of sp³-hybridized carbons (Fsp3) is 1.00. The average Bonchev–Trinajstić information content (AvgIpc) is 1.91. The Balaban J connectivity index is 2.08. The molecule has 3 heteroatoms. The first-order chi connectivity index (χ1) is 4.43. The summed E-state index contributed by atoms with van der Waals surface area (Å²) >= 11 is 0.0544. The second-order valence-corrected chi connectivity index (χ2v) is 3.58. The monoisotopic (exact) mass is 242 g/mol. The molecule has 56 valence electrons. The van der Waals surface area contributed by atoms with E-state index in [0.29, 0.717) is 6.10 Å². The first-order valence-electron chi connectivity index (χ1n) is 3.29. The molecule has 0 spiro atoms. The Morgan fingerprint density at radius 3 is 2.67 bits per heavy atom. The van der Waals surface area contributed by atoms with Gasteiger partial charge in [-0.05, 0) is 0 Å². The first-order valence-corrected chi connectivity index (χ1v) is 6.33. The molecular formula is C6H13INO-. The molecule has 0 aromatic rings. The minimum atomic E-state index is 0.0544. The van der Waals surface area contributed by atoms with E-state index in [1.54, 1.807) is 0 Å². The number of halogens is 1. The van der Waals surface area contributed by atoms with Gasteiger partial charge in [0.15, 0.2) is 0 Å². The maximum atomic E-state index is 5.55. The molecule has 1 saturated heterocycles. The Morgan fingerprint density at radius 1 is 1.44 bits per heavy atom. The van der Waals surface area contributed by atoms with E-state index in [2.05, 4.69) is 10.2 Å². The van der Waals surface area contributed by atoms with Crippen molar-refractivity contribution >= 4 is 0 Å². The molecule has 0 bridgehead atoms. The topological polar surface area (TPSA) is 21.3 Å². The number of nitrogens with one attached hydrogen (secondary N) is 1. The van der Waals surface area contributed by atoms with Crippen LogP contribution < -0.4 is 26.9 Å². The summed E-state index contributed by atoms with van der Waals surface area (Å²) in [4.78, 5) is 2.17. The predicted molar refractivity (Wildman–Crippen MR) is 32.9 cm³/mol. The van der Waals surface area contributed by atoms with Gasteiger partial charge in [0.2, 0.25) is 0 Å². The van der Waals surface area contributed by atoms with Gasteiger partial charge in [-0.1, -0.05) is 0 Å². The van der Waals surface area contributed by atoms with Gasteiger partial charge in [0.1, 0.15) is 0 Å². The maximum absolute atomic E-state index is 5.55. The van der Waals surface area contributed by atoms with Crippen LogP contribution in [-0.2, 0) is 3.07 Å². The van der Waals surface area contributed by atoms with Crippen LogP contribution in [-0.4, -0.2) is 24.1 Å². The minimum absolute atomic E-state index is 0.0544. The van der Waals surface area contributed by atoms with Gasteiger partial charge < -0.3 is 0 Å². The molecule has 0 unspecified atom stereocenters. The number of alkyl halides is 1. The molecule has 0 amide bonds. The normalized spacial score (nSPS) is 22.8. The van der Waals surface area contributed by atoms with Crippen molar-refractivity contribution in [1.29, 1.82) is 0 Å². The van der Waals surface area contributed by atoms with Crippen LogP contribution in [0, 0.1) is 0 Å². The van der Waals surface area contributed by atoms with Crippen LogP contribution in [0.5, 0.6) is 0 Å². The zero-order valence-electron chi connectivity index (χ0n) is 5.69. The Labute approximate surface area is 67.2 Å². The van der Waals surface area contributed by atoms with Crippen LogP contribution >= 0.6 is 0 Å². The van der Waals surface area contributed by atoms with E-state index < -0.39 is 0 Å². The van der Waals surface area contributed by atoms with Crippen LogP contribution in [0.15, 0.2) is 0 Å². The molecule has 2 nitrogen and oxygen atoms in total. The third-order valence-corrected chi connectivity index (χ3v) is 2.73. The summed E-state index contributed by atoms with van der Waals surface area (Å²) in [5.41, 5.74) is 0. The van der Waals surface area contributed by atoms with E-state index in [9.17, 15) is 0 Å². The van der Waals surface area contributed by atoms with Gasteiger partial charge in [-0.15, -0.1) is 0 Å². The van der Waals surface area contributed by atoms with Crippen molar-refractivity contribution in [2.45, 2.75) is 18.9 Å². The van der Waals surface area contributed by atoms with Crippen molar-refractivity contribution in [1.82, 2.24) is 5.32 Å². The van der Waals surface area contributed by atoms with Crippen LogP contribution in [0.25, 0.3) is 0 Å². The predicted octanol–water partition coefficient (Wildman–Crippen LogP) is -2.61. The van der Waals surface area contributed by atoms with Crippen LogP contribution in [0.1, 0.15) is 12.8 Å². The standard InChI is InChI=1S/C6H13INO/c1-7-9-6-2-4-8-5-3-6/h6,8H,2-5H2,1H3/q-1. The van der Waals surface area contributed by atoms with E-state index in [-0.39, 0.29) is 21.6 Å². The van der Waals surface area contributed by atoms with Gasteiger partial charge in [0.25, 0.3) is 0 Å². The fourth-order valence-electron chi connectivity index (χ4n) is 1.01. The molecule has 0 saturated carbocycles. The van der Waals surface area contributed by atoms with Gasteiger partial charge in [0.05, 0.1) is 0 Å². The van der Waals surface area contributed by atoms with E-state index >= 15 is 0 Å². The number of rotatable bonds is 2. The van der Waals surface area contributed by atoms with Crippen molar-refractivity contribution in [2.24, 2.45) is 0 Å². The Bertz CT molecular complexity index is 70.7. The Morgan fingerprint density at radius 2 is 2.11 bits per heavy atom. The summed E-state index contributed by atoms with van der Waals surface area (Å²) in [6.07, 6.45) is 3.02. The first kappa shape index (κ1) is 7.75. The molecule has 1 aliphatic heterocycles. The summed E-state index contributed by atoms with van der Waals surface area (Å²) in [5, 5.41) is 3.31. The number of hydrogen-bond acceptors (Lipinski definition) is 2. The van der Waals surface area contributed by atoms with Crippen LogP contribution in [0.4, 0.5) is 0 Å². The van der Waals surface area contributed by atoms with E-state index in [4.69, 9.17) is 3.07 Å². The summed E-state index contributed by atoms with van der Waals surface area (Å²) in [6, 6.07) is 0. The molecule has 0 aliphatic carbocycles. The Kier molecular flexibility index (Phi) is 3.85. The fourth-order valence-corrected chi connectivity index (χ4v) is 2.24. The Hall–Kier alpha value is 0.650. The van der Waals surface area contributed by atoms with Crippen molar-refractivity contribution in [3.8, 4) is 0 Å². The third kappa shape index (κ3) is 2.82. The quantitative estimate of drug-likeness (QED) is 0.423. The molecular weight excluding hydrogens is 229 g/mol. The molecule has 9 heavy (non-hydrogen) atoms. The molecule has 0 radical (unpaired) electrons. The van der Waals surface area contributed by atoms with Crippen molar-refractivity contribution < 1.29 is 24.7 Å². The van der Waals surface area contributed by atoms with Crippen molar-refractivity contribution in [3.05, 3.63) is 0 Å². The van der Waals surface area contributed by atoms with Gasteiger partial charge in [-0.2, -0.15) is 0 Å². The van der Waals surface area contributed by atoms with Gasteiger partial charge in [-0.3, -0.25) is 0 Å². The van der Waals surface area contributed by atoms with Crippen molar-refractivity contribution in [2.75, 3.05) is 18.0 Å². The number of hydrogen-bond donors (Lipinski definition) is 1. The van der Waals surface area contributed by atoms with E-state index in [1.165, 1.54) is 12.8 Å². The van der Waals surface area contributed by atoms with Gasteiger partial charge in [-0.25, -0.2) is 0 Å². The molecule has 0 atom stereocenters. The van der Waals surface area contributed by atoms with Crippen LogP contribution in [0.3, 0.4) is 0 Å². The molecule has 1 heterocycles. The molecule has 1 fully saturated rings. The summed E-state index contributed by atoms with van der Waals surface area (Å²) in [7, 11) is 0. The molecule has 0 aromatic carbocycles. The zero-order valence-corrected chi connectivity index (χ0v) is 7.85. The SMILES string of the molecule is C[I-]OC1CCNCC1. The average molecular weight is 242 g/mol. The van der Waals surface area contributed by atoms with E-state index in [0.717, 1.165) is 13.1 Å². The van der Waals surface area contributed by atoms with E-state index in [1.807, 2.05) is 0 Å². The molecule has 1 aliphatic rings. The summed E-state index contributed by atoms with van der Waals surface area (Å²) < 4.78 is 5.55. The third-order valence-electron chi connectivity index (χ3n) is 1.50. The number of piperidine rings is 1. The van der Waals surface area contributed by atoms with Gasteiger partial charge in [0, 0.05) is 0 Å². The van der Waals surface area contributed by atoms with Gasteiger partial charge >= 0.3 is 67.0 Å². The van der Waals surface area contributed by atoms with Crippen LogP contribution in [0.2, 0.25) is 0 Å². The zero-order chi connectivity index (χ0) is 6.53. The molecule has 0 aromatic heterocycles. The molecule has 1 rings (SSSR count). The molecule has 1 N–H and O–H groups in total. The second kappa shape index (κ2) is 4.46. The van der Waals surface area contributed by atoms with Crippen molar-refractivity contribution in [3.63, 3.8) is 0 Å². The summed E-state index contributed by atoms with van der Waals surface area (Å²) in [5.74, 6) is 0.